The van der Waals surface area contributed by atoms with Gasteiger partial charge in [0.05, 0.1) is 18.3 Å². The van der Waals surface area contributed by atoms with Gasteiger partial charge in [-0.3, -0.25) is 19.1 Å². The molecule has 1 aromatic rings. The number of ether oxygens (including phenoxy) is 3. The Morgan fingerprint density at radius 2 is 2.10 bits per heavy atom. The smallest absolute Gasteiger partial charge is 0.330 e. The maximum Gasteiger partial charge on any atom is 0.330 e. The highest BCUT2D eigenvalue weighted by Crippen LogP contribution is 2.29. The van der Waals surface area contributed by atoms with Crippen molar-refractivity contribution in [2.45, 2.75) is 64.5 Å². The van der Waals surface area contributed by atoms with Crippen LogP contribution in [-0.4, -0.2) is 54.0 Å². The number of rotatable bonds is 9. The molecular weight excluding hydrogens is 390 g/mol. The summed E-state index contributed by atoms with van der Waals surface area (Å²) in [6.45, 7) is 8.40. The molecule has 1 aliphatic heterocycles. The lowest BCUT2D eigenvalue weighted by molar-refractivity contribution is -0.118. The van der Waals surface area contributed by atoms with Gasteiger partial charge in [-0.1, -0.05) is 13.8 Å². The van der Waals surface area contributed by atoms with E-state index in [0.717, 1.165) is 6.42 Å². The molecule has 9 heteroatoms. The summed E-state index contributed by atoms with van der Waals surface area (Å²) >= 11 is 0. The second-order valence-corrected chi connectivity index (χ2v) is 8.65. The van der Waals surface area contributed by atoms with E-state index in [-0.39, 0.29) is 29.2 Å². The number of aromatic amines is 1. The van der Waals surface area contributed by atoms with Crippen LogP contribution in [-0.2, 0) is 19.0 Å². The van der Waals surface area contributed by atoms with Crippen LogP contribution in [0.3, 0.4) is 0 Å². The zero-order valence-corrected chi connectivity index (χ0v) is 18.6. The standard InChI is InChI=1S/C21H33N3O6/c1-13(2)10-21(3,4)23-17(25)8-7-14-11-24(20(27)22-19(14)26)18-9-15(29-6)16(30-18)12-28-5/h7-8,11,13,15-16,18H,9-10,12H2,1-6H3,(H,23,25)(H,22,26,27)/b8-7+/t15-,16-,18-/m1/s1. The van der Waals surface area contributed by atoms with Crippen molar-refractivity contribution >= 4 is 12.0 Å². The summed E-state index contributed by atoms with van der Waals surface area (Å²) in [7, 11) is 3.13. The molecular formula is C21H33N3O6. The van der Waals surface area contributed by atoms with Gasteiger partial charge < -0.3 is 19.5 Å². The molecule has 30 heavy (non-hydrogen) atoms. The van der Waals surface area contributed by atoms with Gasteiger partial charge in [-0.2, -0.15) is 0 Å². The predicted octanol–water partition coefficient (Wildman–Crippen LogP) is 1.44. The molecule has 0 bridgehead atoms. The second-order valence-electron chi connectivity index (χ2n) is 8.65. The minimum Gasteiger partial charge on any atom is -0.382 e. The highest BCUT2D eigenvalue weighted by Gasteiger charge is 2.37. The largest absolute Gasteiger partial charge is 0.382 e. The fourth-order valence-corrected chi connectivity index (χ4v) is 3.88. The molecule has 1 aliphatic rings. The minimum atomic E-state index is -0.606. The average molecular weight is 424 g/mol. The van der Waals surface area contributed by atoms with Crippen LogP contribution in [0.15, 0.2) is 21.9 Å². The normalized spacial score (nSPS) is 22.2. The monoisotopic (exact) mass is 423 g/mol. The predicted molar refractivity (Wildman–Crippen MR) is 113 cm³/mol. The molecule has 2 rings (SSSR count). The van der Waals surface area contributed by atoms with Crippen molar-refractivity contribution in [2.75, 3.05) is 20.8 Å². The van der Waals surface area contributed by atoms with E-state index >= 15 is 0 Å². The number of aromatic nitrogens is 2. The molecule has 0 radical (unpaired) electrons. The fraction of sp³-hybridized carbons (Fsp3) is 0.667. The average Bonchev–Trinajstić information content (AvgIpc) is 3.02. The highest BCUT2D eigenvalue weighted by molar-refractivity contribution is 5.92. The number of hydrogen-bond donors (Lipinski definition) is 2. The summed E-state index contributed by atoms with van der Waals surface area (Å²) in [4.78, 5) is 39.1. The van der Waals surface area contributed by atoms with Gasteiger partial charge in [0, 0.05) is 38.5 Å². The van der Waals surface area contributed by atoms with Crippen LogP contribution >= 0.6 is 0 Å². The van der Waals surface area contributed by atoms with E-state index in [4.69, 9.17) is 14.2 Å². The lowest BCUT2D eigenvalue weighted by atomic mass is 9.93. The van der Waals surface area contributed by atoms with Gasteiger partial charge in [0.15, 0.2) is 0 Å². The maximum atomic E-state index is 12.3. The van der Waals surface area contributed by atoms with E-state index in [1.165, 1.54) is 22.9 Å². The number of H-pyrrole nitrogens is 1. The molecule has 1 fully saturated rings. The molecule has 2 N–H and O–H groups in total. The fourth-order valence-electron chi connectivity index (χ4n) is 3.88. The molecule has 0 spiro atoms. The van der Waals surface area contributed by atoms with E-state index in [1.807, 2.05) is 13.8 Å². The lowest BCUT2D eigenvalue weighted by Gasteiger charge is -2.27. The quantitative estimate of drug-likeness (QED) is 0.582. The summed E-state index contributed by atoms with van der Waals surface area (Å²) in [6, 6.07) is 0. The molecule has 0 aliphatic carbocycles. The van der Waals surface area contributed by atoms with Crippen molar-refractivity contribution in [3.63, 3.8) is 0 Å². The van der Waals surface area contributed by atoms with E-state index < -0.39 is 17.5 Å². The highest BCUT2D eigenvalue weighted by atomic mass is 16.6. The maximum absolute atomic E-state index is 12.3. The first kappa shape index (κ1) is 24.0. The minimum absolute atomic E-state index is 0.180. The van der Waals surface area contributed by atoms with Crippen LogP contribution in [0.2, 0.25) is 0 Å². The number of amides is 1. The Morgan fingerprint density at radius 1 is 1.40 bits per heavy atom. The van der Waals surface area contributed by atoms with Crippen LogP contribution in [0.25, 0.3) is 6.08 Å². The second kappa shape index (κ2) is 10.2. The van der Waals surface area contributed by atoms with Crippen LogP contribution in [0.4, 0.5) is 0 Å². The van der Waals surface area contributed by atoms with Crippen molar-refractivity contribution < 1.29 is 19.0 Å². The third kappa shape index (κ3) is 6.38. The molecule has 1 saturated heterocycles. The van der Waals surface area contributed by atoms with E-state index in [1.54, 1.807) is 14.2 Å². The summed E-state index contributed by atoms with van der Waals surface area (Å²) in [5.74, 6) is 0.120. The Balaban J connectivity index is 2.19. The molecule has 168 valence electrons. The Labute approximate surface area is 176 Å². The van der Waals surface area contributed by atoms with Crippen molar-refractivity contribution in [3.05, 3.63) is 38.7 Å². The van der Waals surface area contributed by atoms with Crippen LogP contribution < -0.4 is 16.6 Å². The summed E-state index contributed by atoms with van der Waals surface area (Å²) in [6.07, 6.45) is 4.18. The van der Waals surface area contributed by atoms with Crippen molar-refractivity contribution in [2.24, 2.45) is 5.92 Å². The molecule has 0 saturated carbocycles. The first-order valence-electron chi connectivity index (χ1n) is 10.1. The van der Waals surface area contributed by atoms with Gasteiger partial charge in [-0.05, 0) is 32.3 Å². The first-order valence-corrected chi connectivity index (χ1v) is 10.1. The van der Waals surface area contributed by atoms with Crippen molar-refractivity contribution in [3.8, 4) is 0 Å². The summed E-state index contributed by atoms with van der Waals surface area (Å²) < 4.78 is 17.7. The third-order valence-electron chi connectivity index (χ3n) is 4.91. The van der Waals surface area contributed by atoms with Gasteiger partial charge in [-0.15, -0.1) is 0 Å². The van der Waals surface area contributed by atoms with Crippen molar-refractivity contribution in [1.82, 2.24) is 14.9 Å². The number of methoxy groups -OCH3 is 2. The number of nitrogens with zero attached hydrogens (tertiary/aromatic N) is 1. The SMILES string of the molecule is COC[C@H]1O[C@@H](n2cc(/C=C/C(=O)NC(C)(C)CC(C)C)c(=O)[nH]c2=O)C[C@H]1OC. The van der Waals surface area contributed by atoms with Gasteiger partial charge in [0.1, 0.15) is 12.3 Å². The molecule has 0 aromatic carbocycles. The molecule has 2 heterocycles. The number of nitrogens with one attached hydrogen (secondary N) is 2. The number of carbonyl (C=O) groups excluding carboxylic acids is 1. The Morgan fingerprint density at radius 3 is 2.70 bits per heavy atom. The van der Waals surface area contributed by atoms with Crippen LogP contribution in [0, 0.1) is 5.92 Å². The van der Waals surface area contributed by atoms with Crippen LogP contribution in [0.1, 0.15) is 52.3 Å². The van der Waals surface area contributed by atoms with Crippen LogP contribution in [0.5, 0.6) is 0 Å². The first-order chi connectivity index (χ1) is 14.1. The van der Waals surface area contributed by atoms with Gasteiger partial charge in [-0.25, -0.2) is 4.79 Å². The molecule has 3 atom stereocenters. The Hall–Kier alpha value is -2.23. The van der Waals surface area contributed by atoms with Gasteiger partial charge in [0.25, 0.3) is 5.56 Å². The third-order valence-corrected chi connectivity index (χ3v) is 4.91. The van der Waals surface area contributed by atoms with Gasteiger partial charge in [0.2, 0.25) is 5.91 Å². The lowest BCUT2D eigenvalue weighted by Crippen LogP contribution is -2.43. The molecule has 1 amide bonds. The van der Waals surface area contributed by atoms with Crippen molar-refractivity contribution in [1.29, 1.82) is 0 Å². The Bertz CT molecular complexity index is 870. The number of hydrogen-bond acceptors (Lipinski definition) is 6. The Kier molecular flexibility index (Phi) is 8.17. The topological polar surface area (TPSA) is 112 Å². The zero-order chi connectivity index (χ0) is 22.5. The van der Waals surface area contributed by atoms with E-state index in [0.29, 0.717) is 18.9 Å². The molecule has 0 unspecified atom stereocenters. The van der Waals surface area contributed by atoms with E-state index in [9.17, 15) is 14.4 Å². The molecule has 1 aromatic heterocycles. The van der Waals surface area contributed by atoms with Gasteiger partial charge >= 0.3 is 5.69 Å². The summed E-state index contributed by atoms with van der Waals surface area (Å²) in [5, 5.41) is 2.93. The number of carbonyl (C=O) groups is 1. The molecule has 9 nitrogen and oxygen atoms in total. The zero-order valence-electron chi connectivity index (χ0n) is 18.6. The van der Waals surface area contributed by atoms with E-state index in [2.05, 4.69) is 24.1 Å². The summed E-state index contributed by atoms with van der Waals surface area (Å²) in [5.41, 5.74) is -1.35.